The maximum Gasteiger partial charge on any atom is 0.323 e. The number of alkyl halides is 2. The van der Waals surface area contributed by atoms with Crippen LogP contribution in [0.4, 0.5) is 8.78 Å². The van der Waals surface area contributed by atoms with Crippen LogP contribution in [0.2, 0.25) is 0 Å². The Bertz CT molecular complexity index is 350. The third-order valence-corrected chi connectivity index (χ3v) is 2.88. The van der Waals surface area contributed by atoms with Crippen molar-refractivity contribution in [1.82, 2.24) is 4.90 Å². The molecule has 0 spiro atoms. The molecule has 0 aromatic carbocycles. The van der Waals surface area contributed by atoms with Crippen molar-refractivity contribution in [2.24, 2.45) is 5.73 Å². The molecule has 0 saturated carbocycles. The molecule has 0 radical (unpaired) electrons. The summed E-state index contributed by atoms with van der Waals surface area (Å²) in [5.74, 6) is -4.51. The van der Waals surface area contributed by atoms with Crippen molar-refractivity contribution in [2.75, 3.05) is 26.8 Å². The van der Waals surface area contributed by atoms with Crippen molar-refractivity contribution in [3.05, 3.63) is 0 Å². The fraction of sp³-hybridized carbons (Fsp3) is 0.818. The smallest absolute Gasteiger partial charge is 0.323 e. The Balaban J connectivity index is 2.49. The molecule has 19 heavy (non-hydrogen) atoms. The van der Waals surface area contributed by atoms with Gasteiger partial charge in [-0.1, -0.05) is 0 Å². The van der Waals surface area contributed by atoms with Gasteiger partial charge in [-0.25, -0.2) is 8.78 Å². The van der Waals surface area contributed by atoms with E-state index in [2.05, 4.69) is 9.47 Å². The van der Waals surface area contributed by atoms with Crippen LogP contribution in [0.5, 0.6) is 0 Å². The van der Waals surface area contributed by atoms with Crippen LogP contribution in [0.25, 0.3) is 0 Å². The Morgan fingerprint density at radius 3 is 2.63 bits per heavy atom. The number of halogens is 2. The summed E-state index contributed by atoms with van der Waals surface area (Å²) in [5.41, 5.74) is 5.24. The van der Waals surface area contributed by atoms with E-state index < -0.39 is 43.1 Å². The normalized spacial score (nSPS) is 23.8. The van der Waals surface area contributed by atoms with E-state index in [0.29, 0.717) is 0 Å². The molecule has 1 fully saturated rings. The van der Waals surface area contributed by atoms with Crippen LogP contribution in [0.1, 0.15) is 13.3 Å². The number of likely N-dealkylation sites (tertiary alicyclic amines) is 1. The molecule has 8 heteroatoms. The predicted octanol–water partition coefficient (Wildman–Crippen LogP) is -0.241. The summed E-state index contributed by atoms with van der Waals surface area (Å²) in [5, 5.41) is 0. The summed E-state index contributed by atoms with van der Waals surface area (Å²) in [6, 6.07) is -0.853. The predicted molar refractivity (Wildman–Crippen MR) is 61.5 cm³/mol. The lowest BCUT2D eigenvalue weighted by molar-refractivity contribution is -0.176. The number of hydrogen-bond donors (Lipinski definition) is 1. The monoisotopic (exact) mass is 280 g/mol. The lowest BCUT2D eigenvalue weighted by atomic mass is 10.0. The highest BCUT2D eigenvalue weighted by Crippen LogP contribution is 2.29. The van der Waals surface area contributed by atoms with Crippen molar-refractivity contribution in [3.8, 4) is 0 Å². The molecule has 1 amide bonds. The Hall–Kier alpha value is -1.28. The minimum absolute atomic E-state index is 0.0382. The van der Waals surface area contributed by atoms with Gasteiger partial charge in [-0.15, -0.1) is 0 Å². The van der Waals surface area contributed by atoms with Gasteiger partial charge in [0.15, 0.2) is 6.61 Å². The van der Waals surface area contributed by atoms with Crippen LogP contribution in [0, 0.1) is 0 Å². The standard InChI is InChI=1S/C11H18F2N2O4/c1-7(14)10(17)19-5-9(16)15-4-3-8(18-2)11(12,13)6-15/h7-8H,3-6,14H2,1-2H3/t7-,8-/m0/s1. The molecule has 2 N–H and O–H groups in total. The molecule has 2 atom stereocenters. The molecule has 1 aliphatic rings. The maximum absolute atomic E-state index is 13.6. The molecule has 1 rings (SSSR count). The number of rotatable bonds is 4. The van der Waals surface area contributed by atoms with Crippen LogP contribution in [0.3, 0.4) is 0 Å². The van der Waals surface area contributed by atoms with E-state index in [1.165, 1.54) is 14.0 Å². The number of esters is 1. The van der Waals surface area contributed by atoms with E-state index >= 15 is 0 Å². The molecule has 6 nitrogen and oxygen atoms in total. The van der Waals surface area contributed by atoms with Crippen molar-refractivity contribution >= 4 is 11.9 Å². The van der Waals surface area contributed by atoms with Gasteiger partial charge >= 0.3 is 5.97 Å². The number of carbonyl (C=O) groups excluding carboxylic acids is 2. The summed E-state index contributed by atoms with van der Waals surface area (Å²) in [4.78, 5) is 23.7. The Kier molecular flexibility index (Phi) is 5.19. The quantitative estimate of drug-likeness (QED) is 0.719. The number of carbonyl (C=O) groups is 2. The van der Waals surface area contributed by atoms with Crippen LogP contribution in [-0.2, 0) is 19.1 Å². The first-order valence-corrected chi connectivity index (χ1v) is 5.88. The van der Waals surface area contributed by atoms with E-state index in [1.807, 2.05) is 0 Å². The van der Waals surface area contributed by atoms with Gasteiger partial charge in [-0.3, -0.25) is 9.59 Å². The SMILES string of the molecule is CO[C@H]1CCN(C(=O)COC(=O)[C@H](C)N)CC1(F)F. The van der Waals surface area contributed by atoms with Crippen molar-refractivity contribution in [3.63, 3.8) is 0 Å². The van der Waals surface area contributed by atoms with Crippen LogP contribution in [0.15, 0.2) is 0 Å². The fourth-order valence-corrected chi connectivity index (χ4v) is 1.78. The average Bonchev–Trinajstić information content (AvgIpc) is 2.33. The number of methoxy groups -OCH3 is 1. The average molecular weight is 280 g/mol. The van der Waals surface area contributed by atoms with Crippen LogP contribution < -0.4 is 5.73 Å². The van der Waals surface area contributed by atoms with Gasteiger partial charge in [-0.2, -0.15) is 0 Å². The van der Waals surface area contributed by atoms with E-state index in [-0.39, 0.29) is 13.0 Å². The lowest BCUT2D eigenvalue weighted by Crippen LogP contribution is -2.54. The van der Waals surface area contributed by atoms with Crippen LogP contribution in [-0.4, -0.2) is 61.7 Å². The molecule has 1 saturated heterocycles. The summed E-state index contributed by atoms with van der Waals surface area (Å²) < 4.78 is 36.4. The number of nitrogens with zero attached hydrogens (tertiary/aromatic N) is 1. The molecule has 0 aliphatic carbocycles. The largest absolute Gasteiger partial charge is 0.454 e. The lowest BCUT2D eigenvalue weighted by Gasteiger charge is -2.37. The molecule has 0 unspecified atom stereocenters. The van der Waals surface area contributed by atoms with Gasteiger partial charge in [0.1, 0.15) is 12.1 Å². The van der Waals surface area contributed by atoms with Gasteiger partial charge in [0, 0.05) is 13.7 Å². The highest BCUT2D eigenvalue weighted by atomic mass is 19.3. The Labute approximate surface area is 109 Å². The zero-order valence-corrected chi connectivity index (χ0v) is 10.9. The van der Waals surface area contributed by atoms with Gasteiger partial charge in [-0.05, 0) is 13.3 Å². The molecule has 1 heterocycles. The summed E-state index contributed by atoms with van der Waals surface area (Å²) in [7, 11) is 1.21. The van der Waals surface area contributed by atoms with Gasteiger partial charge in [0.05, 0.1) is 6.54 Å². The van der Waals surface area contributed by atoms with E-state index in [4.69, 9.17) is 5.73 Å². The highest BCUT2D eigenvalue weighted by molar-refractivity contribution is 5.82. The first kappa shape index (κ1) is 15.8. The van der Waals surface area contributed by atoms with E-state index in [9.17, 15) is 18.4 Å². The fourth-order valence-electron chi connectivity index (χ4n) is 1.78. The topological polar surface area (TPSA) is 81.9 Å². The van der Waals surface area contributed by atoms with Gasteiger partial charge in [0.2, 0.25) is 0 Å². The summed E-state index contributed by atoms with van der Waals surface area (Å²) >= 11 is 0. The molecule has 0 bridgehead atoms. The highest BCUT2D eigenvalue weighted by Gasteiger charge is 2.46. The van der Waals surface area contributed by atoms with E-state index in [1.54, 1.807) is 0 Å². The third kappa shape index (κ3) is 4.10. The van der Waals surface area contributed by atoms with Gasteiger partial charge in [0.25, 0.3) is 11.8 Å². The molecule has 0 aromatic rings. The van der Waals surface area contributed by atoms with E-state index in [0.717, 1.165) is 4.90 Å². The number of ether oxygens (including phenoxy) is 2. The molecule has 1 aliphatic heterocycles. The Morgan fingerprint density at radius 1 is 1.53 bits per heavy atom. The number of piperidine rings is 1. The first-order valence-electron chi connectivity index (χ1n) is 5.88. The number of hydrogen-bond acceptors (Lipinski definition) is 5. The zero-order valence-electron chi connectivity index (χ0n) is 10.9. The van der Waals surface area contributed by atoms with Crippen molar-refractivity contribution < 1.29 is 27.8 Å². The van der Waals surface area contributed by atoms with Crippen molar-refractivity contribution in [1.29, 1.82) is 0 Å². The summed E-state index contributed by atoms with van der Waals surface area (Å²) in [6.45, 7) is 0.238. The molecule has 110 valence electrons. The Morgan fingerprint density at radius 2 is 2.16 bits per heavy atom. The number of amides is 1. The first-order chi connectivity index (χ1) is 8.77. The second-order valence-electron chi connectivity index (χ2n) is 4.49. The molecule has 0 aromatic heterocycles. The minimum atomic E-state index is -3.10. The van der Waals surface area contributed by atoms with Crippen LogP contribution >= 0.6 is 0 Å². The summed E-state index contributed by atoms with van der Waals surface area (Å²) in [6.07, 6.45) is -1.15. The van der Waals surface area contributed by atoms with Gasteiger partial charge < -0.3 is 20.1 Å². The minimum Gasteiger partial charge on any atom is -0.454 e. The maximum atomic E-state index is 13.6. The second kappa shape index (κ2) is 6.25. The number of nitrogens with two attached hydrogens (primary N) is 1. The van der Waals surface area contributed by atoms with Crippen molar-refractivity contribution in [2.45, 2.75) is 31.4 Å². The molecular formula is C11H18F2N2O4. The molecular weight excluding hydrogens is 262 g/mol. The third-order valence-electron chi connectivity index (χ3n) is 2.88. The zero-order chi connectivity index (χ0) is 14.6. The second-order valence-corrected chi connectivity index (χ2v) is 4.49.